The molecule has 0 aliphatic rings. The largest absolute Gasteiger partial charge is 0.289 e. The summed E-state index contributed by atoms with van der Waals surface area (Å²) in [5.41, 5.74) is 8.68. The van der Waals surface area contributed by atoms with Gasteiger partial charge in [0.15, 0.2) is 5.78 Å². The molecule has 0 bridgehead atoms. The number of benzene rings is 2. The van der Waals surface area contributed by atoms with Crippen LogP contribution >= 0.6 is 0 Å². The van der Waals surface area contributed by atoms with E-state index in [0.29, 0.717) is 0 Å². The van der Waals surface area contributed by atoms with Crippen LogP contribution in [0, 0.1) is 41.5 Å². The Balaban J connectivity index is 2.71. The van der Waals surface area contributed by atoms with E-state index in [2.05, 4.69) is 34.6 Å². The predicted octanol–water partition coefficient (Wildman–Crippen LogP) is 4.77. The summed E-state index contributed by atoms with van der Waals surface area (Å²) in [6, 6.07) is 7.81. The van der Waals surface area contributed by atoms with Gasteiger partial charge in [0.2, 0.25) is 0 Å². The summed E-state index contributed by atoms with van der Waals surface area (Å²) < 4.78 is 0. The molecule has 0 aliphatic carbocycles. The number of carbonyl (C=O) groups excluding carboxylic acids is 1. The van der Waals surface area contributed by atoms with Crippen LogP contribution in [-0.4, -0.2) is 5.78 Å². The van der Waals surface area contributed by atoms with Gasteiger partial charge < -0.3 is 0 Å². The SMILES string of the molecule is Cc1ccccc1C(=O)c1c(C)c(C)c(C)c(C)c1C. The van der Waals surface area contributed by atoms with Crippen molar-refractivity contribution in [2.24, 2.45) is 0 Å². The van der Waals surface area contributed by atoms with Crippen molar-refractivity contribution in [3.05, 3.63) is 68.8 Å². The lowest BCUT2D eigenvalue weighted by Gasteiger charge is -2.18. The van der Waals surface area contributed by atoms with Gasteiger partial charge in [-0.1, -0.05) is 24.3 Å². The van der Waals surface area contributed by atoms with Crippen molar-refractivity contribution in [2.45, 2.75) is 41.5 Å². The molecule has 0 amide bonds. The lowest BCUT2D eigenvalue weighted by atomic mass is 9.85. The Labute approximate surface area is 121 Å². The van der Waals surface area contributed by atoms with Crippen molar-refractivity contribution < 1.29 is 4.79 Å². The summed E-state index contributed by atoms with van der Waals surface area (Å²) in [6.45, 7) is 12.4. The van der Waals surface area contributed by atoms with Gasteiger partial charge in [0.1, 0.15) is 0 Å². The first-order valence-corrected chi connectivity index (χ1v) is 7.03. The third kappa shape index (κ3) is 2.18. The van der Waals surface area contributed by atoms with Crippen molar-refractivity contribution in [1.29, 1.82) is 0 Å². The second-order valence-corrected chi connectivity index (χ2v) is 5.64. The number of rotatable bonds is 2. The van der Waals surface area contributed by atoms with Crippen LogP contribution < -0.4 is 0 Å². The normalized spacial score (nSPS) is 10.7. The molecular formula is C19H22O. The number of ketones is 1. The van der Waals surface area contributed by atoms with Gasteiger partial charge in [-0.25, -0.2) is 0 Å². The molecule has 0 unspecified atom stereocenters. The van der Waals surface area contributed by atoms with Gasteiger partial charge in [-0.2, -0.15) is 0 Å². The summed E-state index contributed by atoms with van der Waals surface area (Å²) in [4.78, 5) is 12.9. The van der Waals surface area contributed by atoms with Gasteiger partial charge >= 0.3 is 0 Å². The minimum Gasteiger partial charge on any atom is -0.289 e. The maximum atomic E-state index is 12.9. The Kier molecular flexibility index (Phi) is 3.80. The van der Waals surface area contributed by atoms with Gasteiger partial charge in [0.25, 0.3) is 0 Å². The van der Waals surface area contributed by atoms with Crippen LogP contribution in [0.4, 0.5) is 0 Å². The summed E-state index contributed by atoms with van der Waals surface area (Å²) in [5, 5.41) is 0. The van der Waals surface area contributed by atoms with Gasteiger partial charge in [-0.15, -0.1) is 0 Å². The highest BCUT2D eigenvalue weighted by Crippen LogP contribution is 2.28. The smallest absolute Gasteiger partial charge is 0.193 e. The minimum absolute atomic E-state index is 0.143. The van der Waals surface area contributed by atoms with Crippen LogP contribution in [0.3, 0.4) is 0 Å². The Bertz CT molecular complexity index is 664. The molecule has 2 aromatic rings. The maximum absolute atomic E-state index is 12.9. The first-order valence-electron chi connectivity index (χ1n) is 7.03. The zero-order valence-corrected chi connectivity index (χ0v) is 13.2. The standard InChI is InChI=1S/C19H22O/c1-11-9-7-8-10-17(11)19(20)18-15(5)13(3)12(2)14(4)16(18)6/h7-10H,1-6H3. The van der Waals surface area contributed by atoms with Crippen LogP contribution in [0.1, 0.15) is 49.3 Å². The molecule has 2 aromatic carbocycles. The number of hydrogen-bond donors (Lipinski definition) is 0. The van der Waals surface area contributed by atoms with Crippen molar-refractivity contribution in [1.82, 2.24) is 0 Å². The first-order chi connectivity index (χ1) is 9.36. The number of hydrogen-bond acceptors (Lipinski definition) is 1. The van der Waals surface area contributed by atoms with Gasteiger partial charge in [0.05, 0.1) is 0 Å². The Morgan fingerprint density at radius 3 is 1.65 bits per heavy atom. The Hall–Kier alpha value is -1.89. The zero-order chi connectivity index (χ0) is 15.0. The molecule has 0 saturated heterocycles. The van der Waals surface area contributed by atoms with E-state index < -0.39 is 0 Å². The Morgan fingerprint density at radius 2 is 1.15 bits per heavy atom. The first kappa shape index (κ1) is 14.5. The fraction of sp³-hybridized carbons (Fsp3) is 0.316. The van der Waals surface area contributed by atoms with E-state index in [1.54, 1.807) is 0 Å². The second kappa shape index (κ2) is 5.24. The molecule has 20 heavy (non-hydrogen) atoms. The van der Waals surface area contributed by atoms with Crippen molar-refractivity contribution in [3.63, 3.8) is 0 Å². The average Bonchev–Trinajstić information content (AvgIpc) is 2.43. The number of aryl methyl sites for hydroxylation is 1. The van der Waals surface area contributed by atoms with Crippen molar-refractivity contribution >= 4 is 5.78 Å². The van der Waals surface area contributed by atoms with Crippen LogP contribution in [-0.2, 0) is 0 Å². The van der Waals surface area contributed by atoms with E-state index in [1.165, 1.54) is 16.7 Å². The molecular weight excluding hydrogens is 244 g/mol. The third-order valence-corrected chi connectivity index (χ3v) is 4.62. The number of carbonyl (C=O) groups is 1. The molecule has 2 rings (SSSR count). The van der Waals surface area contributed by atoms with Gasteiger partial charge in [-0.3, -0.25) is 4.79 Å². The third-order valence-electron chi connectivity index (χ3n) is 4.62. The molecule has 0 radical (unpaired) electrons. The van der Waals surface area contributed by atoms with Crippen molar-refractivity contribution in [3.8, 4) is 0 Å². The summed E-state index contributed by atoms with van der Waals surface area (Å²) in [7, 11) is 0. The molecule has 0 aliphatic heterocycles. The minimum atomic E-state index is 0.143. The van der Waals surface area contributed by atoms with E-state index in [-0.39, 0.29) is 5.78 Å². The average molecular weight is 266 g/mol. The molecule has 0 spiro atoms. The topological polar surface area (TPSA) is 17.1 Å². The zero-order valence-electron chi connectivity index (χ0n) is 13.2. The van der Waals surface area contributed by atoms with E-state index >= 15 is 0 Å². The molecule has 1 nitrogen and oxygen atoms in total. The van der Waals surface area contributed by atoms with E-state index in [0.717, 1.165) is 27.8 Å². The highest BCUT2D eigenvalue weighted by atomic mass is 16.1. The summed E-state index contributed by atoms with van der Waals surface area (Å²) in [6.07, 6.45) is 0. The molecule has 0 aromatic heterocycles. The summed E-state index contributed by atoms with van der Waals surface area (Å²) >= 11 is 0. The van der Waals surface area contributed by atoms with Crippen LogP contribution in [0.5, 0.6) is 0 Å². The lowest BCUT2D eigenvalue weighted by molar-refractivity contribution is 0.103. The molecule has 0 fully saturated rings. The molecule has 0 heterocycles. The van der Waals surface area contributed by atoms with Crippen LogP contribution in [0.15, 0.2) is 24.3 Å². The van der Waals surface area contributed by atoms with Gasteiger partial charge in [0, 0.05) is 11.1 Å². The molecule has 1 heteroatoms. The van der Waals surface area contributed by atoms with E-state index in [4.69, 9.17) is 0 Å². The highest BCUT2D eigenvalue weighted by molar-refractivity contribution is 6.12. The predicted molar refractivity (Wildman–Crippen MR) is 84.7 cm³/mol. The van der Waals surface area contributed by atoms with E-state index in [1.807, 2.05) is 31.2 Å². The highest BCUT2D eigenvalue weighted by Gasteiger charge is 2.20. The van der Waals surface area contributed by atoms with Crippen LogP contribution in [0.2, 0.25) is 0 Å². The molecule has 0 saturated carbocycles. The monoisotopic (exact) mass is 266 g/mol. The second-order valence-electron chi connectivity index (χ2n) is 5.64. The maximum Gasteiger partial charge on any atom is 0.193 e. The molecule has 0 atom stereocenters. The molecule has 104 valence electrons. The van der Waals surface area contributed by atoms with E-state index in [9.17, 15) is 4.79 Å². The molecule has 0 N–H and O–H groups in total. The van der Waals surface area contributed by atoms with Gasteiger partial charge in [-0.05, 0) is 74.9 Å². The van der Waals surface area contributed by atoms with Crippen LogP contribution in [0.25, 0.3) is 0 Å². The fourth-order valence-electron chi connectivity index (χ4n) is 2.80. The fourth-order valence-corrected chi connectivity index (χ4v) is 2.80. The quantitative estimate of drug-likeness (QED) is 0.716. The van der Waals surface area contributed by atoms with Crippen molar-refractivity contribution in [2.75, 3.05) is 0 Å². The Morgan fingerprint density at radius 1 is 0.700 bits per heavy atom. The summed E-state index contributed by atoms with van der Waals surface area (Å²) in [5.74, 6) is 0.143. The lowest BCUT2D eigenvalue weighted by Crippen LogP contribution is -2.11.